The highest BCUT2D eigenvalue weighted by Crippen LogP contribution is 1.94. The second-order valence-electron chi connectivity index (χ2n) is 7.71. The minimum atomic E-state index is -0.156. The number of anilines is 2. The first kappa shape index (κ1) is 36.0. The molecule has 0 unspecified atom stereocenters. The van der Waals surface area contributed by atoms with Gasteiger partial charge in [-0.05, 0) is 44.3 Å². The van der Waals surface area contributed by atoms with Gasteiger partial charge in [0.05, 0.1) is 0 Å². The molecular formula is C22H36N10O4S2. The lowest BCUT2D eigenvalue weighted by atomic mass is 10.5. The molecule has 0 radical (unpaired) electrons. The van der Waals surface area contributed by atoms with Gasteiger partial charge in [0, 0.05) is 71.8 Å². The third kappa shape index (κ3) is 21.1. The van der Waals surface area contributed by atoms with E-state index in [0.29, 0.717) is 15.4 Å². The van der Waals surface area contributed by atoms with Gasteiger partial charge in [0.15, 0.2) is 9.54 Å². The first-order valence-corrected chi connectivity index (χ1v) is 11.6. The van der Waals surface area contributed by atoms with Gasteiger partial charge in [-0.2, -0.15) is 4.98 Å². The van der Waals surface area contributed by atoms with Crippen molar-refractivity contribution >= 4 is 48.0 Å². The maximum absolute atomic E-state index is 10.6. The van der Waals surface area contributed by atoms with E-state index >= 15 is 0 Å². The van der Waals surface area contributed by atoms with Gasteiger partial charge in [-0.15, -0.1) is 0 Å². The summed E-state index contributed by atoms with van der Waals surface area (Å²) in [6, 6.07) is 4.49. The summed E-state index contributed by atoms with van der Waals surface area (Å²) in [5.74, 6) is 0.799. The molecular weight excluding hydrogens is 532 g/mol. The normalized spacial score (nSPS) is 8.84. The summed E-state index contributed by atoms with van der Waals surface area (Å²) in [6.07, 6.45) is 1.51. The highest BCUT2D eigenvalue weighted by Gasteiger charge is 1.88. The summed E-state index contributed by atoms with van der Waals surface area (Å²) >= 11 is 9.35. The number of nitrogen functional groups attached to an aromatic ring is 2. The Bertz CT molecular complexity index is 1220. The molecule has 3 aromatic heterocycles. The van der Waals surface area contributed by atoms with Crippen LogP contribution in [0.25, 0.3) is 0 Å². The molecule has 0 bridgehead atoms. The third-order valence-electron chi connectivity index (χ3n) is 3.75. The van der Waals surface area contributed by atoms with E-state index in [1.807, 2.05) is 0 Å². The summed E-state index contributed by atoms with van der Waals surface area (Å²) in [5, 5.41) is 0. The second kappa shape index (κ2) is 19.0. The lowest BCUT2D eigenvalue weighted by Crippen LogP contribution is -2.17. The van der Waals surface area contributed by atoms with Crippen molar-refractivity contribution in [2.75, 3.05) is 39.7 Å². The van der Waals surface area contributed by atoms with Crippen LogP contribution in [0.15, 0.2) is 34.0 Å². The molecule has 0 saturated carbocycles. The zero-order valence-corrected chi connectivity index (χ0v) is 24.3. The summed E-state index contributed by atoms with van der Waals surface area (Å²) in [7, 11) is 6.90. The van der Waals surface area contributed by atoms with Crippen LogP contribution in [-0.2, 0) is 9.59 Å². The molecule has 3 rings (SSSR count). The third-order valence-corrected chi connectivity index (χ3v) is 4.15. The van der Waals surface area contributed by atoms with Crippen LogP contribution in [0.3, 0.4) is 0 Å². The molecule has 0 aliphatic heterocycles. The Hall–Kier alpha value is -4.18. The van der Waals surface area contributed by atoms with Gasteiger partial charge in [0.1, 0.15) is 5.82 Å². The Balaban J connectivity index is 0. The van der Waals surface area contributed by atoms with Crippen molar-refractivity contribution in [3.8, 4) is 0 Å². The number of hydrogen-bond acceptors (Lipinski definition) is 10. The predicted molar refractivity (Wildman–Crippen MR) is 154 cm³/mol. The standard InChI is InChI=1S/2C5H6N2OS.C4H6N4.2C4H9NO/c2*1-3-2-4(8)7-5(9)6-3;5-3-1-2-7-4(6)8-3;2*1-4(6)5(2)3/h2*2H,1H3,(H2,6,7,8,9);1-2H,(H4,5,6,7,8);2*1-3H3. The summed E-state index contributed by atoms with van der Waals surface area (Å²) < 4.78 is 0.750. The maximum Gasteiger partial charge on any atom is 0.251 e. The average molecular weight is 569 g/mol. The fraction of sp³-hybridized carbons (Fsp3) is 0.364. The highest BCUT2D eigenvalue weighted by atomic mass is 32.1. The Morgan fingerprint density at radius 3 is 1.32 bits per heavy atom. The molecule has 38 heavy (non-hydrogen) atoms. The monoisotopic (exact) mass is 568 g/mol. The van der Waals surface area contributed by atoms with Crippen molar-refractivity contribution in [3.05, 3.63) is 66.0 Å². The van der Waals surface area contributed by atoms with E-state index in [0.717, 1.165) is 11.4 Å². The lowest BCUT2D eigenvalue weighted by Gasteiger charge is -2.02. The number of nitrogens with one attached hydrogen (secondary N) is 4. The Morgan fingerprint density at radius 2 is 1.13 bits per heavy atom. The fourth-order valence-corrected chi connectivity index (χ4v) is 2.09. The number of carbonyl (C=O) groups excluding carboxylic acids is 2. The minimum absolute atomic E-state index is 0.0926. The van der Waals surface area contributed by atoms with Crippen LogP contribution >= 0.6 is 24.4 Å². The molecule has 8 N–H and O–H groups in total. The van der Waals surface area contributed by atoms with E-state index in [1.165, 1.54) is 42.0 Å². The number of carbonyl (C=O) groups is 2. The van der Waals surface area contributed by atoms with Crippen molar-refractivity contribution < 1.29 is 9.59 Å². The number of aromatic amines is 4. The molecule has 210 valence electrons. The molecule has 3 aromatic rings. The summed E-state index contributed by atoms with van der Waals surface area (Å²) in [4.78, 5) is 61.9. The molecule has 0 saturated heterocycles. The van der Waals surface area contributed by atoms with Crippen molar-refractivity contribution in [2.24, 2.45) is 0 Å². The van der Waals surface area contributed by atoms with Gasteiger partial charge in [-0.25, -0.2) is 4.98 Å². The molecule has 0 atom stereocenters. The smallest absolute Gasteiger partial charge is 0.251 e. The number of nitrogens with zero attached hydrogens (tertiary/aromatic N) is 4. The summed E-state index contributed by atoms with van der Waals surface area (Å²) in [5.41, 5.74) is 11.6. The molecule has 0 aromatic carbocycles. The van der Waals surface area contributed by atoms with Gasteiger partial charge in [0.25, 0.3) is 11.1 Å². The number of aromatic nitrogens is 6. The Kier molecular flexibility index (Phi) is 18.0. The Labute approximate surface area is 230 Å². The largest absolute Gasteiger partial charge is 0.384 e. The second-order valence-corrected chi connectivity index (χ2v) is 8.52. The van der Waals surface area contributed by atoms with Gasteiger partial charge < -0.3 is 31.2 Å². The van der Waals surface area contributed by atoms with Crippen LogP contribution in [0.2, 0.25) is 0 Å². The van der Waals surface area contributed by atoms with Gasteiger partial charge >= 0.3 is 0 Å². The molecule has 0 aliphatic rings. The van der Waals surface area contributed by atoms with Crippen molar-refractivity contribution in [2.45, 2.75) is 27.7 Å². The number of aryl methyl sites for hydroxylation is 2. The van der Waals surface area contributed by atoms with E-state index in [4.69, 9.17) is 11.5 Å². The fourth-order valence-electron chi connectivity index (χ4n) is 1.57. The van der Waals surface area contributed by atoms with E-state index < -0.39 is 0 Å². The van der Waals surface area contributed by atoms with Gasteiger partial charge in [0.2, 0.25) is 17.8 Å². The van der Waals surface area contributed by atoms with Crippen molar-refractivity contribution in [1.29, 1.82) is 0 Å². The number of amides is 2. The van der Waals surface area contributed by atoms with Crippen LogP contribution < -0.4 is 22.6 Å². The van der Waals surface area contributed by atoms with E-state index in [-0.39, 0.29) is 28.9 Å². The van der Waals surface area contributed by atoms with Crippen LogP contribution in [0.4, 0.5) is 11.8 Å². The quantitative estimate of drug-likeness (QED) is 0.214. The van der Waals surface area contributed by atoms with E-state index in [2.05, 4.69) is 54.3 Å². The van der Waals surface area contributed by atoms with Crippen LogP contribution in [0.1, 0.15) is 25.2 Å². The zero-order chi connectivity index (χ0) is 30.0. The number of rotatable bonds is 0. The first-order chi connectivity index (χ1) is 17.4. The Morgan fingerprint density at radius 1 is 0.789 bits per heavy atom. The van der Waals surface area contributed by atoms with Crippen molar-refractivity contribution in [1.82, 2.24) is 39.7 Å². The highest BCUT2D eigenvalue weighted by molar-refractivity contribution is 7.71. The minimum Gasteiger partial charge on any atom is -0.384 e. The molecule has 0 fully saturated rings. The lowest BCUT2D eigenvalue weighted by molar-refractivity contribution is -0.127. The van der Waals surface area contributed by atoms with Crippen LogP contribution in [0.5, 0.6) is 0 Å². The molecule has 3 heterocycles. The molecule has 14 nitrogen and oxygen atoms in total. The van der Waals surface area contributed by atoms with Crippen LogP contribution in [-0.4, -0.2) is 79.7 Å². The topological polar surface area (TPSA) is 216 Å². The van der Waals surface area contributed by atoms with Gasteiger partial charge in [-0.1, -0.05) is 0 Å². The van der Waals surface area contributed by atoms with Gasteiger partial charge in [-0.3, -0.25) is 29.1 Å². The number of H-pyrrole nitrogens is 4. The maximum atomic E-state index is 10.6. The molecule has 0 spiro atoms. The number of nitrogens with two attached hydrogens (primary N) is 2. The SMILES string of the molecule is CC(=O)N(C)C.CC(=O)N(C)C.Cc1cc(=O)[nH]c(=S)[nH]1.Cc1cc(=O)[nH]c(=S)[nH]1.Nc1ccnc(N)n1. The number of hydrogen-bond donors (Lipinski definition) is 6. The van der Waals surface area contributed by atoms with Crippen molar-refractivity contribution in [3.63, 3.8) is 0 Å². The van der Waals surface area contributed by atoms with Crippen LogP contribution in [0, 0.1) is 23.4 Å². The molecule has 0 aliphatic carbocycles. The average Bonchev–Trinajstić information content (AvgIpc) is 2.73. The van der Waals surface area contributed by atoms with E-state index in [1.54, 1.807) is 48.1 Å². The molecule has 2 amide bonds. The first-order valence-electron chi connectivity index (χ1n) is 10.7. The molecule has 16 heteroatoms. The summed E-state index contributed by atoms with van der Waals surface area (Å²) in [6.45, 7) is 6.62. The van der Waals surface area contributed by atoms with E-state index in [9.17, 15) is 19.2 Å². The zero-order valence-electron chi connectivity index (χ0n) is 22.7. The predicted octanol–water partition coefficient (Wildman–Crippen LogP) is 1.31.